The molecule has 0 bridgehead atoms. The highest BCUT2D eigenvalue weighted by molar-refractivity contribution is 6.09. The highest BCUT2D eigenvalue weighted by atomic mass is 16.5. The van der Waals surface area contributed by atoms with Gasteiger partial charge in [-0.05, 0) is 41.8 Å². The highest BCUT2D eigenvalue weighted by Crippen LogP contribution is 2.43. The van der Waals surface area contributed by atoms with Crippen LogP contribution >= 0.6 is 0 Å². The number of aromatic nitrogens is 2. The maximum atomic E-state index is 13.9. The number of benzene rings is 3. The van der Waals surface area contributed by atoms with E-state index < -0.39 is 17.9 Å². The minimum Gasteiger partial charge on any atom is -0.465 e. The van der Waals surface area contributed by atoms with E-state index in [4.69, 9.17) is 9.72 Å². The number of rotatable bonds is 6. The van der Waals surface area contributed by atoms with Crippen molar-refractivity contribution in [1.29, 1.82) is 0 Å². The van der Waals surface area contributed by atoms with Crippen LogP contribution in [0.25, 0.3) is 21.8 Å². The SMILES string of the molecule is CCCCN1C(=O)[C@H](C(=O)OCC)[C@@H](c2cccc3ccccc23)n2c1nc1ccccc12. The first-order valence-electron chi connectivity index (χ1n) is 11.6. The number of fused-ring (bicyclic) bond motifs is 4. The van der Waals surface area contributed by atoms with E-state index in [1.54, 1.807) is 11.8 Å². The first-order valence-corrected chi connectivity index (χ1v) is 11.6. The molecule has 1 amide bonds. The Hall–Kier alpha value is -3.67. The van der Waals surface area contributed by atoms with Crippen molar-refractivity contribution in [1.82, 2.24) is 9.55 Å². The summed E-state index contributed by atoms with van der Waals surface area (Å²) < 4.78 is 7.52. The predicted octanol–water partition coefficient (Wildman–Crippen LogP) is 5.10. The summed E-state index contributed by atoms with van der Waals surface area (Å²) in [7, 11) is 0. The molecule has 0 saturated heterocycles. The van der Waals surface area contributed by atoms with Crippen LogP contribution in [0.1, 0.15) is 38.3 Å². The molecule has 6 heteroatoms. The van der Waals surface area contributed by atoms with Gasteiger partial charge in [-0.15, -0.1) is 0 Å². The molecule has 33 heavy (non-hydrogen) atoms. The zero-order valence-electron chi connectivity index (χ0n) is 18.9. The molecule has 4 aromatic rings. The highest BCUT2D eigenvalue weighted by Gasteiger charge is 2.48. The van der Waals surface area contributed by atoms with E-state index in [1.165, 1.54) is 0 Å². The van der Waals surface area contributed by atoms with Crippen molar-refractivity contribution >= 4 is 39.6 Å². The lowest BCUT2D eigenvalue weighted by atomic mass is 9.86. The standard InChI is InChI=1S/C27H27N3O3/c1-3-5-17-29-25(31)23(26(32)33-4-2)24(20-14-10-12-18-11-6-7-13-19(18)20)30-22-16-9-8-15-21(22)28-27(29)30/h6-16,23-24H,3-5,17H2,1-2H3/t23-,24-/m1/s1. The van der Waals surface area contributed by atoms with Gasteiger partial charge < -0.3 is 9.30 Å². The summed E-state index contributed by atoms with van der Waals surface area (Å²) in [5.74, 6) is -1.14. The number of para-hydroxylation sites is 2. The van der Waals surface area contributed by atoms with E-state index in [1.807, 2.05) is 66.7 Å². The number of carbonyl (C=O) groups is 2. The number of anilines is 1. The van der Waals surface area contributed by atoms with Crippen molar-refractivity contribution in [2.24, 2.45) is 5.92 Å². The summed E-state index contributed by atoms with van der Waals surface area (Å²) in [6, 6.07) is 21.4. The summed E-state index contributed by atoms with van der Waals surface area (Å²) >= 11 is 0. The quantitative estimate of drug-likeness (QED) is 0.308. The Morgan fingerprint density at radius 1 is 1.00 bits per heavy atom. The largest absolute Gasteiger partial charge is 0.465 e. The van der Waals surface area contributed by atoms with E-state index in [9.17, 15) is 9.59 Å². The number of nitrogens with zero attached hydrogens (tertiary/aromatic N) is 3. The van der Waals surface area contributed by atoms with Gasteiger partial charge in [-0.2, -0.15) is 0 Å². The van der Waals surface area contributed by atoms with Crippen molar-refractivity contribution in [3.8, 4) is 0 Å². The molecule has 5 rings (SSSR count). The molecule has 1 aromatic heterocycles. The normalized spacial score (nSPS) is 18.0. The summed E-state index contributed by atoms with van der Waals surface area (Å²) in [5, 5.41) is 2.07. The lowest BCUT2D eigenvalue weighted by molar-refractivity contribution is -0.153. The predicted molar refractivity (Wildman–Crippen MR) is 129 cm³/mol. The van der Waals surface area contributed by atoms with Crippen LogP contribution in [0.5, 0.6) is 0 Å². The first kappa shape index (κ1) is 21.2. The molecular weight excluding hydrogens is 414 g/mol. The van der Waals surface area contributed by atoms with Crippen molar-refractivity contribution in [3.63, 3.8) is 0 Å². The van der Waals surface area contributed by atoms with Crippen LogP contribution in [0.3, 0.4) is 0 Å². The number of esters is 1. The van der Waals surface area contributed by atoms with Crippen molar-refractivity contribution in [2.45, 2.75) is 32.7 Å². The zero-order chi connectivity index (χ0) is 22.9. The van der Waals surface area contributed by atoms with E-state index >= 15 is 0 Å². The number of imidazole rings is 1. The van der Waals surface area contributed by atoms with Gasteiger partial charge >= 0.3 is 5.97 Å². The molecule has 1 aliphatic rings. The fourth-order valence-electron chi connectivity index (χ4n) is 4.86. The zero-order valence-corrected chi connectivity index (χ0v) is 18.9. The molecule has 0 N–H and O–H groups in total. The molecule has 2 heterocycles. The average molecular weight is 442 g/mol. The Labute approximate surface area is 192 Å². The van der Waals surface area contributed by atoms with Crippen LogP contribution in [0.15, 0.2) is 66.7 Å². The summed E-state index contributed by atoms with van der Waals surface area (Å²) in [6.45, 7) is 4.58. The van der Waals surface area contributed by atoms with Gasteiger partial charge in [0.25, 0.3) is 0 Å². The number of hydrogen-bond acceptors (Lipinski definition) is 4. The number of carbonyl (C=O) groups excluding carboxylic acids is 2. The van der Waals surface area contributed by atoms with Gasteiger partial charge in [-0.25, -0.2) is 4.98 Å². The smallest absolute Gasteiger partial charge is 0.321 e. The number of ether oxygens (including phenoxy) is 1. The van der Waals surface area contributed by atoms with Crippen molar-refractivity contribution in [3.05, 3.63) is 72.3 Å². The molecule has 0 radical (unpaired) electrons. The van der Waals surface area contributed by atoms with Gasteiger partial charge in [0.15, 0.2) is 5.92 Å². The Kier molecular flexibility index (Phi) is 5.58. The molecule has 6 nitrogen and oxygen atoms in total. The third kappa shape index (κ3) is 3.46. The average Bonchev–Trinajstić information content (AvgIpc) is 3.22. The van der Waals surface area contributed by atoms with E-state index in [0.717, 1.165) is 40.2 Å². The minimum absolute atomic E-state index is 0.220. The lowest BCUT2D eigenvalue weighted by Crippen LogP contribution is -2.50. The minimum atomic E-state index is -0.988. The summed E-state index contributed by atoms with van der Waals surface area (Å²) in [5.41, 5.74) is 2.62. The van der Waals surface area contributed by atoms with Gasteiger partial charge in [-0.3, -0.25) is 14.5 Å². The second-order valence-corrected chi connectivity index (χ2v) is 8.36. The molecule has 0 saturated carbocycles. The Bertz CT molecular complexity index is 1340. The first-order chi connectivity index (χ1) is 16.2. The van der Waals surface area contributed by atoms with Crippen molar-refractivity contribution in [2.75, 3.05) is 18.1 Å². The lowest BCUT2D eigenvalue weighted by Gasteiger charge is -2.38. The van der Waals surface area contributed by atoms with Crippen LogP contribution in [-0.4, -0.2) is 34.6 Å². The van der Waals surface area contributed by atoms with Gasteiger partial charge in [-0.1, -0.05) is 67.9 Å². The van der Waals surface area contributed by atoms with E-state index in [0.29, 0.717) is 12.5 Å². The Morgan fingerprint density at radius 3 is 2.58 bits per heavy atom. The van der Waals surface area contributed by atoms with Crippen LogP contribution < -0.4 is 4.90 Å². The molecule has 0 spiro atoms. The molecule has 168 valence electrons. The number of hydrogen-bond donors (Lipinski definition) is 0. The Balaban J connectivity index is 1.82. The maximum absolute atomic E-state index is 13.9. The third-order valence-corrected chi connectivity index (χ3v) is 6.36. The van der Waals surface area contributed by atoms with Gasteiger partial charge in [0.05, 0.1) is 23.7 Å². The van der Waals surface area contributed by atoms with Crippen LogP contribution in [0.2, 0.25) is 0 Å². The molecular formula is C27H27N3O3. The van der Waals surface area contributed by atoms with Crippen LogP contribution in [-0.2, 0) is 14.3 Å². The molecule has 3 aromatic carbocycles. The van der Waals surface area contributed by atoms with Gasteiger partial charge in [0, 0.05) is 6.54 Å². The fourth-order valence-corrected chi connectivity index (χ4v) is 4.86. The van der Waals surface area contributed by atoms with Crippen LogP contribution in [0.4, 0.5) is 5.95 Å². The monoisotopic (exact) mass is 441 g/mol. The molecule has 2 atom stereocenters. The maximum Gasteiger partial charge on any atom is 0.321 e. The second-order valence-electron chi connectivity index (χ2n) is 8.36. The number of unbranched alkanes of at least 4 members (excludes halogenated alkanes) is 1. The summed E-state index contributed by atoms with van der Waals surface area (Å²) in [4.78, 5) is 33.7. The van der Waals surface area contributed by atoms with Crippen LogP contribution in [0, 0.1) is 5.92 Å². The second kappa shape index (κ2) is 8.70. The topological polar surface area (TPSA) is 64.4 Å². The van der Waals surface area contributed by atoms with E-state index in [-0.39, 0.29) is 12.5 Å². The Morgan fingerprint density at radius 2 is 1.76 bits per heavy atom. The van der Waals surface area contributed by atoms with E-state index in [2.05, 4.69) is 11.5 Å². The molecule has 0 fully saturated rings. The van der Waals surface area contributed by atoms with Gasteiger partial charge in [0.2, 0.25) is 11.9 Å². The van der Waals surface area contributed by atoms with Crippen molar-refractivity contribution < 1.29 is 14.3 Å². The van der Waals surface area contributed by atoms with Gasteiger partial charge in [0.1, 0.15) is 0 Å². The summed E-state index contributed by atoms with van der Waals surface area (Å²) in [6.07, 6.45) is 1.75. The fraction of sp³-hybridized carbons (Fsp3) is 0.296. The third-order valence-electron chi connectivity index (χ3n) is 6.36. The number of amides is 1. The molecule has 1 aliphatic heterocycles. The molecule has 0 unspecified atom stereocenters. The molecule has 0 aliphatic carbocycles.